The number of amides is 3. The summed E-state index contributed by atoms with van der Waals surface area (Å²) >= 11 is 0.760. The van der Waals surface area contributed by atoms with Gasteiger partial charge in [0.05, 0.1) is 4.91 Å². The Morgan fingerprint density at radius 3 is 2.70 bits per heavy atom. The number of nitrogens with zero attached hydrogens (tertiary/aromatic N) is 2. The molecular weight excluding hydrogens is 402 g/mol. The Morgan fingerprint density at radius 2 is 1.97 bits per heavy atom. The molecule has 3 rings (SSSR count). The second-order valence-electron chi connectivity index (χ2n) is 6.60. The zero-order valence-electron chi connectivity index (χ0n) is 16.5. The molecule has 7 nitrogen and oxygen atoms in total. The number of imide groups is 1. The van der Waals surface area contributed by atoms with Crippen molar-refractivity contribution < 1.29 is 19.1 Å². The van der Waals surface area contributed by atoms with E-state index in [0.29, 0.717) is 17.0 Å². The predicted molar refractivity (Wildman–Crippen MR) is 115 cm³/mol. The topological polar surface area (TPSA) is 99.5 Å². The Bertz CT molecular complexity index is 1090. The molecule has 0 unspecified atom stereocenters. The molecule has 30 heavy (non-hydrogen) atoms. The van der Waals surface area contributed by atoms with Crippen LogP contribution in [0.25, 0.3) is 6.08 Å². The highest BCUT2D eigenvalue weighted by atomic mass is 32.2. The second-order valence-corrected chi connectivity index (χ2v) is 7.59. The van der Waals surface area contributed by atoms with E-state index in [9.17, 15) is 14.4 Å². The van der Waals surface area contributed by atoms with Crippen molar-refractivity contribution in [3.63, 3.8) is 0 Å². The van der Waals surface area contributed by atoms with Crippen LogP contribution < -0.4 is 10.1 Å². The van der Waals surface area contributed by atoms with Gasteiger partial charge in [0.1, 0.15) is 18.4 Å². The number of para-hydroxylation sites is 1. The van der Waals surface area contributed by atoms with E-state index < -0.39 is 17.1 Å². The number of nitrogens with one attached hydrogen (secondary N) is 1. The van der Waals surface area contributed by atoms with Gasteiger partial charge in [-0.05, 0) is 61.0 Å². The molecule has 1 aliphatic rings. The van der Waals surface area contributed by atoms with E-state index in [1.54, 1.807) is 30.3 Å². The number of benzene rings is 2. The summed E-state index contributed by atoms with van der Waals surface area (Å²) in [6.45, 7) is 3.40. The maximum absolute atomic E-state index is 12.7. The smallest absolute Gasteiger partial charge is 0.294 e. The summed E-state index contributed by atoms with van der Waals surface area (Å²) < 4.78 is 5.35. The molecule has 152 valence electrons. The van der Waals surface area contributed by atoms with Crippen molar-refractivity contribution in [1.29, 1.82) is 5.26 Å². The predicted octanol–water partition coefficient (Wildman–Crippen LogP) is 3.88. The minimum Gasteiger partial charge on any atom is -0.478 e. The van der Waals surface area contributed by atoms with Crippen molar-refractivity contribution in [2.24, 2.45) is 0 Å². The number of anilines is 1. The molecule has 0 spiro atoms. The van der Waals surface area contributed by atoms with Crippen LogP contribution in [0.3, 0.4) is 0 Å². The van der Waals surface area contributed by atoms with Crippen molar-refractivity contribution in [2.75, 3.05) is 18.5 Å². The number of nitriles is 1. The Labute approximate surface area is 178 Å². The van der Waals surface area contributed by atoms with E-state index in [1.807, 2.05) is 32.0 Å². The maximum Gasteiger partial charge on any atom is 0.294 e. The fraction of sp³-hybridized carbons (Fsp3) is 0.182. The van der Waals surface area contributed by atoms with Gasteiger partial charge >= 0.3 is 0 Å². The van der Waals surface area contributed by atoms with Crippen LogP contribution in [0, 0.1) is 25.2 Å². The lowest BCUT2D eigenvalue weighted by atomic mass is 10.1. The normalized spacial score (nSPS) is 14.7. The molecule has 0 bridgehead atoms. The van der Waals surface area contributed by atoms with Gasteiger partial charge in [-0.15, -0.1) is 0 Å². The highest BCUT2D eigenvalue weighted by molar-refractivity contribution is 8.18. The molecule has 0 aliphatic carbocycles. The zero-order valence-corrected chi connectivity index (χ0v) is 17.3. The first-order valence-corrected chi connectivity index (χ1v) is 9.92. The number of aryl methyl sites for hydroxylation is 2. The van der Waals surface area contributed by atoms with Crippen LogP contribution in [-0.4, -0.2) is 35.1 Å². The minimum absolute atomic E-state index is 0.134. The summed E-state index contributed by atoms with van der Waals surface area (Å²) in [6, 6.07) is 14.3. The summed E-state index contributed by atoms with van der Waals surface area (Å²) in [5.41, 5.74) is 3.30. The summed E-state index contributed by atoms with van der Waals surface area (Å²) in [4.78, 5) is 38.4. The number of hydrogen-bond acceptors (Lipinski definition) is 6. The van der Waals surface area contributed by atoms with Gasteiger partial charge in [-0.3, -0.25) is 19.3 Å². The molecule has 3 amide bonds. The first-order valence-electron chi connectivity index (χ1n) is 9.10. The van der Waals surface area contributed by atoms with Gasteiger partial charge in [-0.2, -0.15) is 5.26 Å². The van der Waals surface area contributed by atoms with Crippen LogP contribution in [0.1, 0.15) is 16.7 Å². The van der Waals surface area contributed by atoms with E-state index in [2.05, 4.69) is 5.32 Å². The van der Waals surface area contributed by atoms with Gasteiger partial charge in [-0.25, -0.2) is 0 Å². The lowest BCUT2D eigenvalue weighted by Gasteiger charge is -2.13. The van der Waals surface area contributed by atoms with Gasteiger partial charge in [0.2, 0.25) is 5.91 Å². The standard InChI is InChI=1S/C22H19N3O4S/c1-14-7-8-17(11-15(14)2)24-20(26)13-25-21(27)19(30-22(25)28)12-16-5-3-4-6-18(16)29-10-9-23/h3-8,11-12H,10,13H2,1-2H3,(H,24,26)/b19-12+. The molecule has 8 heteroatoms. The highest BCUT2D eigenvalue weighted by Gasteiger charge is 2.36. The monoisotopic (exact) mass is 421 g/mol. The van der Waals surface area contributed by atoms with Crippen molar-refractivity contribution >= 4 is 40.6 Å². The SMILES string of the molecule is Cc1ccc(NC(=O)CN2C(=O)S/C(=C/c3ccccc3OCC#N)C2=O)cc1C. The van der Waals surface area contributed by atoms with Crippen molar-refractivity contribution in [1.82, 2.24) is 4.90 Å². The van der Waals surface area contributed by atoms with Gasteiger partial charge in [0.15, 0.2) is 6.61 Å². The van der Waals surface area contributed by atoms with Gasteiger partial charge in [-0.1, -0.05) is 24.3 Å². The number of thioether (sulfide) groups is 1. The van der Waals surface area contributed by atoms with E-state index in [-0.39, 0.29) is 18.1 Å². The van der Waals surface area contributed by atoms with Gasteiger partial charge < -0.3 is 10.1 Å². The maximum atomic E-state index is 12.7. The molecule has 0 aromatic heterocycles. The average Bonchev–Trinajstić information content (AvgIpc) is 2.97. The first kappa shape index (κ1) is 21.1. The Kier molecular flexibility index (Phi) is 6.54. The van der Waals surface area contributed by atoms with Crippen LogP contribution >= 0.6 is 11.8 Å². The van der Waals surface area contributed by atoms with Crippen molar-refractivity contribution in [3.05, 3.63) is 64.1 Å². The molecule has 2 aromatic rings. The van der Waals surface area contributed by atoms with Crippen LogP contribution in [0.5, 0.6) is 5.75 Å². The number of hydrogen-bond donors (Lipinski definition) is 1. The molecule has 1 N–H and O–H groups in total. The van der Waals surface area contributed by atoms with Crippen LogP contribution in [-0.2, 0) is 9.59 Å². The minimum atomic E-state index is -0.546. The quantitative estimate of drug-likeness (QED) is 0.711. The van der Waals surface area contributed by atoms with E-state index in [4.69, 9.17) is 10.00 Å². The molecule has 1 heterocycles. The number of rotatable bonds is 6. The third kappa shape index (κ3) is 4.88. The molecule has 0 atom stereocenters. The molecule has 0 radical (unpaired) electrons. The van der Waals surface area contributed by atoms with Crippen LogP contribution in [0.4, 0.5) is 10.5 Å². The third-order valence-electron chi connectivity index (χ3n) is 4.46. The largest absolute Gasteiger partial charge is 0.478 e. The summed E-state index contributed by atoms with van der Waals surface area (Å²) in [6.07, 6.45) is 1.53. The van der Waals surface area contributed by atoms with E-state index in [0.717, 1.165) is 27.8 Å². The molecule has 0 saturated carbocycles. The fourth-order valence-electron chi connectivity index (χ4n) is 2.78. The Morgan fingerprint density at radius 1 is 1.20 bits per heavy atom. The molecule has 1 saturated heterocycles. The molecule has 1 aliphatic heterocycles. The zero-order chi connectivity index (χ0) is 21.7. The Balaban J connectivity index is 1.72. The van der Waals surface area contributed by atoms with Crippen LogP contribution in [0.15, 0.2) is 47.4 Å². The van der Waals surface area contributed by atoms with Gasteiger partial charge in [0.25, 0.3) is 11.1 Å². The van der Waals surface area contributed by atoms with Crippen LogP contribution in [0.2, 0.25) is 0 Å². The number of carbonyl (C=O) groups excluding carboxylic acids is 3. The average molecular weight is 421 g/mol. The number of ether oxygens (including phenoxy) is 1. The highest BCUT2D eigenvalue weighted by Crippen LogP contribution is 2.33. The molecular formula is C22H19N3O4S. The van der Waals surface area contributed by atoms with E-state index in [1.165, 1.54) is 6.08 Å². The van der Waals surface area contributed by atoms with Crippen molar-refractivity contribution in [2.45, 2.75) is 13.8 Å². The summed E-state index contributed by atoms with van der Waals surface area (Å²) in [5.74, 6) is -0.576. The second kappa shape index (κ2) is 9.29. The van der Waals surface area contributed by atoms with Gasteiger partial charge in [0, 0.05) is 11.3 Å². The molecule has 1 fully saturated rings. The lowest BCUT2D eigenvalue weighted by Crippen LogP contribution is -2.36. The fourth-order valence-corrected chi connectivity index (χ4v) is 3.61. The third-order valence-corrected chi connectivity index (χ3v) is 5.37. The van der Waals surface area contributed by atoms with E-state index >= 15 is 0 Å². The molecule has 2 aromatic carbocycles. The van der Waals surface area contributed by atoms with Crippen molar-refractivity contribution in [3.8, 4) is 11.8 Å². The Hall–Kier alpha value is -3.57. The summed E-state index contributed by atoms with van der Waals surface area (Å²) in [7, 11) is 0. The lowest BCUT2D eigenvalue weighted by molar-refractivity contribution is -0.127. The summed E-state index contributed by atoms with van der Waals surface area (Å²) in [5, 5.41) is 10.9. The first-order chi connectivity index (χ1) is 14.4. The number of carbonyl (C=O) groups is 3.